The van der Waals surface area contributed by atoms with E-state index in [1.165, 1.54) is 6.42 Å². The molecule has 0 fully saturated rings. The summed E-state index contributed by atoms with van der Waals surface area (Å²) in [6, 6.07) is 10.6. The Bertz CT molecular complexity index is 433. The van der Waals surface area contributed by atoms with Crippen LogP contribution in [0, 0.1) is 0 Å². The van der Waals surface area contributed by atoms with Gasteiger partial charge in [-0.3, -0.25) is 0 Å². The smallest absolute Gasteiger partial charge is 0.113 e. The molecule has 16 heavy (non-hydrogen) atoms. The Labute approximate surface area is 96.1 Å². The molecule has 84 valence electrons. The van der Waals surface area contributed by atoms with Crippen LogP contribution in [0.5, 0.6) is 0 Å². The Kier molecular flexibility index (Phi) is 3.34. The van der Waals surface area contributed by atoms with Crippen LogP contribution in [0.2, 0.25) is 0 Å². The monoisotopic (exact) mass is 215 g/mol. The average Bonchev–Trinajstić information content (AvgIpc) is 2.80. The van der Waals surface area contributed by atoms with Gasteiger partial charge in [0.1, 0.15) is 5.69 Å². The van der Waals surface area contributed by atoms with Gasteiger partial charge in [-0.1, -0.05) is 48.9 Å². The van der Waals surface area contributed by atoms with Gasteiger partial charge >= 0.3 is 0 Å². The van der Waals surface area contributed by atoms with Crippen LogP contribution in [0.4, 0.5) is 0 Å². The van der Waals surface area contributed by atoms with Crippen LogP contribution in [0.15, 0.2) is 36.5 Å². The Hall–Kier alpha value is -1.64. The fourth-order valence-corrected chi connectivity index (χ4v) is 1.78. The molecule has 1 aromatic heterocycles. The van der Waals surface area contributed by atoms with Crippen molar-refractivity contribution in [3.63, 3.8) is 0 Å². The zero-order valence-corrected chi connectivity index (χ0v) is 9.80. The molecule has 0 bridgehead atoms. The Morgan fingerprint density at radius 1 is 1.25 bits per heavy atom. The molecule has 0 amide bonds. The molecule has 1 heterocycles. The number of hydrogen-bond acceptors (Lipinski definition) is 2. The second kappa shape index (κ2) is 4.92. The number of benzene rings is 1. The molecule has 0 aliphatic rings. The predicted molar refractivity (Wildman–Crippen MR) is 65.1 cm³/mol. The lowest BCUT2D eigenvalue weighted by Gasteiger charge is -2.08. The van der Waals surface area contributed by atoms with Crippen LogP contribution in [0.25, 0.3) is 11.3 Å². The van der Waals surface area contributed by atoms with Crippen LogP contribution in [-0.2, 0) is 0 Å². The topological polar surface area (TPSA) is 30.7 Å². The van der Waals surface area contributed by atoms with Crippen LogP contribution >= 0.6 is 0 Å². The summed E-state index contributed by atoms with van der Waals surface area (Å²) >= 11 is 0. The van der Waals surface area contributed by atoms with Crippen molar-refractivity contribution in [2.24, 2.45) is 0 Å². The maximum absolute atomic E-state index is 4.20. The number of aromatic nitrogens is 3. The van der Waals surface area contributed by atoms with Gasteiger partial charge in [0, 0.05) is 5.56 Å². The van der Waals surface area contributed by atoms with E-state index in [1.807, 2.05) is 29.1 Å². The van der Waals surface area contributed by atoms with Crippen LogP contribution < -0.4 is 0 Å². The van der Waals surface area contributed by atoms with E-state index in [2.05, 4.69) is 36.3 Å². The quantitative estimate of drug-likeness (QED) is 0.783. The van der Waals surface area contributed by atoms with E-state index in [0.717, 1.165) is 17.7 Å². The zero-order valence-electron chi connectivity index (χ0n) is 9.80. The first-order chi connectivity index (χ1) is 7.81. The second-order valence-corrected chi connectivity index (χ2v) is 4.09. The molecule has 0 radical (unpaired) electrons. The Balaban J connectivity index is 2.20. The van der Waals surface area contributed by atoms with Crippen molar-refractivity contribution < 1.29 is 0 Å². The lowest BCUT2D eigenvalue weighted by Crippen LogP contribution is -2.05. The van der Waals surface area contributed by atoms with E-state index in [0.29, 0.717) is 6.04 Å². The summed E-state index contributed by atoms with van der Waals surface area (Å²) < 4.78 is 1.95. The third kappa shape index (κ3) is 2.30. The minimum absolute atomic E-state index is 0.426. The highest BCUT2D eigenvalue weighted by Gasteiger charge is 2.07. The first-order valence-electron chi connectivity index (χ1n) is 5.78. The summed E-state index contributed by atoms with van der Waals surface area (Å²) in [5.74, 6) is 0. The van der Waals surface area contributed by atoms with E-state index in [1.54, 1.807) is 0 Å². The minimum Gasteiger partial charge on any atom is -0.249 e. The fraction of sp³-hybridized carbons (Fsp3) is 0.385. The Morgan fingerprint density at radius 3 is 2.69 bits per heavy atom. The highest BCUT2D eigenvalue weighted by molar-refractivity contribution is 5.57. The zero-order chi connectivity index (χ0) is 11.4. The summed E-state index contributed by atoms with van der Waals surface area (Å²) in [6.07, 6.45) is 4.33. The van der Waals surface area contributed by atoms with Crippen LogP contribution in [0.3, 0.4) is 0 Å². The summed E-state index contributed by atoms with van der Waals surface area (Å²) in [7, 11) is 0. The van der Waals surface area contributed by atoms with E-state index >= 15 is 0 Å². The standard InChI is InChI=1S/C13H17N3/c1-3-7-11(2)16-10-13(14-15-16)12-8-5-4-6-9-12/h4-6,8-11H,3,7H2,1-2H3. The molecule has 1 aromatic carbocycles. The van der Waals surface area contributed by atoms with Gasteiger partial charge in [0.15, 0.2) is 0 Å². The van der Waals surface area contributed by atoms with Crippen LogP contribution in [-0.4, -0.2) is 15.0 Å². The van der Waals surface area contributed by atoms with Crippen molar-refractivity contribution in [1.29, 1.82) is 0 Å². The SMILES string of the molecule is CCCC(C)n1cc(-c2ccccc2)nn1. The van der Waals surface area contributed by atoms with Gasteiger partial charge in [-0.15, -0.1) is 5.10 Å². The van der Waals surface area contributed by atoms with Crippen molar-refractivity contribution >= 4 is 0 Å². The molecule has 1 atom stereocenters. The molecule has 2 aromatic rings. The van der Waals surface area contributed by atoms with E-state index < -0.39 is 0 Å². The fourth-order valence-electron chi connectivity index (χ4n) is 1.78. The molecule has 2 rings (SSSR count). The molecule has 0 saturated carbocycles. The molecule has 0 aliphatic heterocycles. The summed E-state index contributed by atoms with van der Waals surface area (Å²) in [5.41, 5.74) is 2.07. The second-order valence-electron chi connectivity index (χ2n) is 4.09. The summed E-state index contributed by atoms with van der Waals surface area (Å²) in [6.45, 7) is 4.36. The number of rotatable bonds is 4. The molecule has 0 N–H and O–H groups in total. The molecular formula is C13H17N3. The van der Waals surface area contributed by atoms with Crippen molar-refractivity contribution in [3.05, 3.63) is 36.5 Å². The van der Waals surface area contributed by atoms with Gasteiger partial charge in [0.25, 0.3) is 0 Å². The molecule has 0 spiro atoms. The number of nitrogens with zero attached hydrogens (tertiary/aromatic N) is 3. The molecule has 3 heteroatoms. The lowest BCUT2D eigenvalue weighted by molar-refractivity contribution is 0.443. The van der Waals surface area contributed by atoms with E-state index in [9.17, 15) is 0 Å². The van der Waals surface area contributed by atoms with Crippen molar-refractivity contribution in [2.75, 3.05) is 0 Å². The maximum atomic E-state index is 4.20. The summed E-state index contributed by atoms with van der Waals surface area (Å²) in [5, 5.41) is 8.38. The number of hydrogen-bond donors (Lipinski definition) is 0. The lowest BCUT2D eigenvalue weighted by atomic mass is 10.1. The average molecular weight is 215 g/mol. The third-order valence-corrected chi connectivity index (χ3v) is 2.74. The molecular weight excluding hydrogens is 198 g/mol. The van der Waals surface area contributed by atoms with Gasteiger partial charge in [-0.25, -0.2) is 4.68 Å². The Morgan fingerprint density at radius 2 is 2.00 bits per heavy atom. The van der Waals surface area contributed by atoms with Crippen molar-refractivity contribution in [2.45, 2.75) is 32.7 Å². The van der Waals surface area contributed by atoms with E-state index in [-0.39, 0.29) is 0 Å². The highest BCUT2D eigenvalue weighted by atomic mass is 15.4. The highest BCUT2D eigenvalue weighted by Crippen LogP contribution is 2.18. The minimum atomic E-state index is 0.426. The molecule has 0 aliphatic carbocycles. The molecule has 1 unspecified atom stereocenters. The van der Waals surface area contributed by atoms with Gasteiger partial charge < -0.3 is 0 Å². The van der Waals surface area contributed by atoms with Crippen molar-refractivity contribution in [3.8, 4) is 11.3 Å². The van der Waals surface area contributed by atoms with Crippen LogP contribution in [0.1, 0.15) is 32.7 Å². The van der Waals surface area contributed by atoms with Gasteiger partial charge in [0.05, 0.1) is 12.2 Å². The first kappa shape index (κ1) is 10.9. The molecule has 0 saturated heterocycles. The third-order valence-electron chi connectivity index (χ3n) is 2.74. The summed E-state index contributed by atoms with van der Waals surface area (Å²) in [4.78, 5) is 0. The predicted octanol–water partition coefficient (Wildman–Crippen LogP) is 3.31. The van der Waals surface area contributed by atoms with Gasteiger partial charge in [0.2, 0.25) is 0 Å². The van der Waals surface area contributed by atoms with Crippen molar-refractivity contribution in [1.82, 2.24) is 15.0 Å². The largest absolute Gasteiger partial charge is 0.249 e. The van der Waals surface area contributed by atoms with E-state index in [4.69, 9.17) is 0 Å². The maximum Gasteiger partial charge on any atom is 0.113 e. The first-order valence-corrected chi connectivity index (χ1v) is 5.78. The van der Waals surface area contributed by atoms with Gasteiger partial charge in [-0.05, 0) is 13.3 Å². The van der Waals surface area contributed by atoms with Gasteiger partial charge in [-0.2, -0.15) is 0 Å². The normalized spacial score (nSPS) is 12.6. The molecule has 3 nitrogen and oxygen atoms in total.